The van der Waals surface area contributed by atoms with Crippen LogP contribution in [0.5, 0.6) is 0 Å². The Bertz CT molecular complexity index is 649. The topological polar surface area (TPSA) is 63.2 Å². The van der Waals surface area contributed by atoms with Gasteiger partial charge in [0.25, 0.3) is 15.0 Å². The van der Waals surface area contributed by atoms with Crippen molar-refractivity contribution in [3.8, 4) is 0 Å². The summed E-state index contributed by atoms with van der Waals surface area (Å²) in [5.74, 6) is -0.787. The van der Waals surface area contributed by atoms with Gasteiger partial charge in [-0.3, -0.25) is 4.79 Å². The molecule has 4 nitrogen and oxygen atoms in total. The molecule has 118 valence electrons. The van der Waals surface area contributed by atoms with Crippen molar-refractivity contribution in [2.75, 3.05) is 6.54 Å². The summed E-state index contributed by atoms with van der Waals surface area (Å²) in [6.45, 7) is 6.43. The van der Waals surface area contributed by atoms with E-state index >= 15 is 0 Å². The molecule has 1 aromatic rings. The predicted octanol–water partition coefficient (Wildman–Crippen LogP) is 3.54. The SMILES string of the molecule is CC(C)C(C)CNC(=O)c1cc(F)c(Br)c(S(=O)(=O)Cl)c1. The van der Waals surface area contributed by atoms with Gasteiger partial charge < -0.3 is 5.32 Å². The Morgan fingerprint density at radius 2 is 1.95 bits per heavy atom. The highest BCUT2D eigenvalue weighted by Gasteiger charge is 2.21. The van der Waals surface area contributed by atoms with E-state index in [4.69, 9.17) is 10.7 Å². The van der Waals surface area contributed by atoms with Crippen LogP contribution in [0.25, 0.3) is 0 Å². The highest BCUT2D eigenvalue weighted by molar-refractivity contribution is 9.10. The van der Waals surface area contributed by atoms with Crippen LogP contribution < -0.4 is 5.32 Å². The monoisotopic (exact) mass is 399 g/mol. The molecule has 1 aromatic carbocycles. The van der Waals surface area contributed by atoms with Gasteiger partial charge in [-0.2, -0.15) is 0 Å². The number of amides is 1. The summed E-state index contributed by atoms with van der Waals surface area (Å²) in [7, 11) is 1.07. The average molecular weight is 401 g/mol. The summed E-state index contributed by atoms with van der Waals surface area (Å²) in [6, 6.07) is 2.01. The molecule has 0 aromatic heterocycles. The Labute approximate surface area is 136 Å². The molecular weight excluding hydrogens is 385 g/mol. The largest absolute Gasteiger partial charge is 0.352 e. The van der Waals surface area contributed by atoms with E-state index in [2.05, 4.69) is 21.2 Å². The van der Waals surface area contributed by atoms with E-state index in [1.165, 1.54) is 0 Å². The number of benzene rings is 1. The lowest BCUT2D eigenvalue weighted by Gasteiger charge is -2.16. The molecule has 21 heavy (non-hydrogen) atoms. The van der Waals surface area contributed by atoms with Gasteiger partial charge >= 0.3 is 0 Å². The predicted molar refractivity (Wildman–Crippen MR) is 83.5 cm³/mol. The van der Waals surface area contributed by atoms with Crippen LogP contribution in [0.15, 0.2) is 21.5 Å². The zero-order valence-electron chi connectivity index (χ0n) is 11.8. The number of rotatable bonds is 5. The van der Waals surface area contributed by atoms with Gasteiger partial charge in [0.2, 0.25) is 0 Å². The van der Waals surface area contributed by atoms with Crippen molar-refractivity contribution in [2.45, 2.75) is 25.7 Å². The molecule has 0 aliphatic rings. The van der Waals surface area contributed by atoms with E-state index in [-0.39, 0.29) is 16.0 Å². The molecule has 0 saturated heterocycles. The molecule has 1 amide bonds. The fraction of sp³-hybridized carbons (Fsp3) is 0.462. The van der Waals surface area contributed by atoms with Crippen LogP contribution >= 0.6 is 26.6 Å². The lowest BCUT2D eigenvalue weighted by molar-refractivity contribution is 0.0944. The molecule has 0 heterocycles. The van der Waals surface area contributed by atoms with Gasteiger partial charge in [-0.1, -0.05) is 20.8 Å². The zero-order chi connectivity index (χ0) is 16.4. The molecule has 0 aliphatic carbocycles. The molecular formula is C13H16BrClFNO3S. The minimum atomic E-state index is -4.15. The van der Waals surface area contributed by atoms with Gasteiger partial charge in [-0.25, -0.2) is 12.8 Å². The second-order valence-corrected chi connectivity index (χ2v) is 8.47. The average Bonchev–Trinajstić information content (AvgIpc) is 2.36. The Morgan fingerprint density at radius 1 is 1.38 bits per heavy atom. The van der Waals surface area contributed by atoms with Crippen molar-refractivity contribution in [1.29, 1.82) is 0 Å². The fourth-order valence-electron chi connectivity index (χ4n) is 1.46. The lowest BCUT2D eigenvalue weighted by Crippen LogP contribution is -2.30. The van der Waals surface area contributed by atoms with Gasteiger partial charge in [-0.15, -0.1) is 0 Å². The summed E-state index contributed by atoms with van der Waals surface area (Å²) in [4.78, 5) is 11.5. The van der Waals surface area contributed by atoms with Gasteiger partial charge in [0.1, 0.15) is 10.7 Å². The minimum Gasteiger partial charge on any atom is -0.352 e. The molecule has 0 radical (unpaired) electrons. The molecule has 0 bridgehead atoms. The van der Waals surface area contributed by atoms with E-state index in [1.54, 1.807) is 0 Å². The molecule has 0 saturated carbocycles. The van der Waals surface area contributed by atoms with Crippen LogP contribution in [0.3, 0.4) is 0 Å². The van der Waals surface area contributed by atoms with Gasteiger partial charge in [0.15, 0.2) is 0 Å². The number of hydrogen-bond acceptors (Lipinski definition) is 3. The van der Waals surface area contributed by atoms with E-state index in [0.29, 0.717) is 12.5 Å². The normalized spacial score (nSPS) is 13.3. The summed E-state index contributed by atoms with van der Waals surface area (Å²) in [5, 5.41) is 2.65. The van der Waals surface area contributed by atoms with Crippen molar-refractivity contribution in [2.24, 2.45) is 11.8 Å². The van der Waals surface area contributed by atoms with E-state index in [1.807, 2.05) is 20.8 Å². The van der Waals surface area contributed by atoms with Gasteiger partial charge in [0, 0.05) is 22.8 Å². The van der Waals surface area contributed by atoms with Crippen LogP contribution in [0, 0.1) is 17.7 Å². The number of hydrogen-bond donors (Lipinski definition) is 1. The number of carbonyl (C=O) groups excluding carboxylic acids is 1. The van der Waals surface area contributed by atoms with Crippen molar-refractivity contribution < 1.29 is 17.6 Å². The highest BCUT2D eigenvalue weighted by Crippen LogP contribution is 2.29. The Hall–Kier alpha value is -0.660. The highest BCUT2D eigenvalue weighted by atomic mass is 79.9. The van der Waals surface area contributed by atoms with Gasteiger partial charge in [-0.05, 0) is 39.9 Å². The third-order valence-corrected chi connectivity index (χ3v) is 5.66. The minimum absolute atomic E-state index is 0.0918. The summed E-state index contributed by atoms with van der Waals surface area (Å²) >= 11 is 2.81. The molecule has 1 rings (SSSR count). The standard InChI is InChI=1S/C13H16BrClFNO3S/c1-7(2)8(3)6-17-13(18)9-4-10(16)12(14)11(5-9)21(15,19)20/h4-5,7-8H,6H2,1-3H3,(H,17,18). The van der Waals surface area contributed by atoms with Crippen LogP contribution in [0.1, 0.15) is 31.1 Å². The van der Waals surface area contributed by atoms with Crippen molar-refractivity contribution in [3.05, 3.63) is 28.0 Å². The Morgan fingerprint density at radius 3 is 2.43 bits per heavy atom. The third kappa shape index (κ3) is 4.93. The van der Waals surface area contributed by atoms with Crippen LogP contribution in [-0.2, 0) is 9.05 Å². The summed E-state index contributed by atoms with van der Waals surface area (Å²) in [6.07, 6.45) is 0. The second kappa shape index (κ2) is 7.07. The quantitative estimate of drug-likeness (QED) is 0.769. The molecule has 1 unspecified atom stereocenters. The third-order valence-electron chi connectivity index (χ3n) is 3.24. The fourth-order valence-corrected chi connectivity index (χ4v) is 3.56. The van der Waals surface area contributed by atoms with Crippen LogP contribution in [0.2, 0.25) is 0 Å². The summed E-state index contributed by atoms with van der Waals surface area (Å²) in [5.41, 5.74) is -0.0918. The van der Waals surface area contributed by atoms with Crippen LogP contribution in [0.4, 0.5) is 4.39 Å². The van der Waals surface area contributed by atoms with E-state index in [9.17, 15) is 17.6 Å². The van der Waals surface area contributed by atoms with Crippen molar-refractivity contribution in [1.82, 2.24) is 5.32 Å². The number of nitrogens with one attached hydrogen (secondary N) is 1. The molecule has 8 heteroatoms. The zero-order valence-corrected chi connectivity index (χ0v) is 14.9. The number of carbonyl (C=O) groups is 1. The smallest absolute Gasteiger partial charge is 0.262 e. The first-order valence-electron chi connectivity index (χ1n) is 6.26. The first kappa shape index (κ1) is 18.4. The summed E-state index contributed by atoms with van der Waals surface area (Å²) < 4.78 is 36.2. The Balaban J connectivity index is 3.04. The first-order valence-corrected chi connectivity index (χ1v) is 9.36. The molecule has 0 spiro atoms. The molecule has 0 aliphatic heterocycles. The Kier molecular flexibility index (Phi) is 6.19. The van der Waals surface area contributed by atoms with Crippen molar-refractivity contribution >= 4 is 41.6 Å². The molecule has 1 atom stereocenters. The van der Waals surface area contributed by atoms with E-state index < -0.39 is 25.7 Å². The second-order valence-electron chi connectivity index (χ2n) is 5.14. The maximum absolute atomic E-state index is 13.7. The van der Waals surface area contributed by atoms with Gasteiger partial charge in [0.05, 0.1) is 4.47 Å². The molecule has 0 fully saturated rings. The maximum Gasteiger partial charge on any atom is 0.262 e. The first-order chi connectivity index (χ1) is 9.54. The number of halogens is 3. The lowest BCUT2D eigenvalue weighted by atomic mass is 9.98. The maximum atomic E-state index is 13.7. The van der Waals surface area contributed by atoms with Crippen LogP contribution in [-0.4, -0.2) is 20.9 Å². The van der Waals surface area contributed by atoms with E-state index in [0.717, 1.165) is 12.1 Å². The van der Waals surface area contributed by atoms with Crippen molar-refractivity contribution in [3.63, 3.8) is 0 Å². The molecule has 1 N–H and O–H groups in total.